The molecule has 2 heterocycles. The van der Waals surface area contributed by atoms with E-state index < -0.39 is 5.91 Å². The quantitative estimate of drug-likeness (QED) is 0.766. The number of nitrogens with zero attached hydrogens (tertiary/aromatic N) is 2. The molecule has 0 bridgehead atoms. The second kappa shape index (κ2) is 3.96. The average molecular weight is 257 g/mol. The van der Waals surface area contributed by atoms with Gasteiger partial charge in [-0.15, -0.1) is 11.3 Å². The lowest BCUT2D eigenvalue weighted by molar-refractivity contribution is 0.0996. The molecule has 0 fully saturated rings. The summed E-state index contributed by atoms with van der Waals surface area (Å²) in [6, 6.07) is 8.11. The van der Waals surface area contributed by atoms with E-state index >= 15 is 0 Å². The fraction of sp³-hybridized carbons (Fsp3) is 0.0769. The molecule has 0 atom stereocenters. The molecule has 3 rings (SSSR count). The molecule has 0 saturated carbocycles. The van der Waals surface area contributed by atoms with E-state index in [1.807, 2.05) is 25.4 Å². The molecule has 0 radical (unpaired) electrons. The van der Waals surface area contributed by atoms with E-state index in [9.17, 15) is 4.79 Å². The predicted octanol–water partition coefficient (Wildman–Crippen LogP) is 2.40. The van der Waals surface area contributed by atoms with Gasteiger partial charge in [0.25, 0.3) is 5.91 Å². The summed E-state index contributed by atoms with van der Waals surface area (Å²) in [6.07, 6.45) is 2.02. The molecular formula is C13H11N3OS. The fourth-order valence-corrected chi connectivity index (χ4v) is 2.86. The van der Waals surface area contributed by atoms with Gasteiger partial charge in [0.2, 0.25) is 0 Å². The lowest BCUT2D eigenvalue weighted by atomic mass is 10.2. The molecule has 0 spiro atoms. The number of primary amides is 1. The Labute approximate surface area is 108 Å². The molecule has 2 aromatic heterocycles. The van der Waals surface area contributed by atoms with Crippen molar-refractivity contribution in [2.75, 3.05) is 0 Å². The number of aromatic nitrogens is 2. The molecule has 1 amide bonds. The van der Waals surface area contributed by atoms with Gasteiger partial charge in [0, 0.05) is 35.1 Å². The van der Waals surface area contributed by atoms with Crippen molar-refractivity contribution in [3.63, 3.8) is 0 Å². The highest BCUT2D eigenvalue weighted by molar-refractivity contribution is 7.13. The van der Waals surface area contributed by atoms with Gasteiger partial charge in [0.1, 0.15) is 10.7 Å². The van der Waals surface area contributed by atoms with E-state index in [-0.39, 0.29) is 0 Å². The Hall–Kier alpha value is -2.14. The molecule has 3 aromatic rings. The Bertz CT molecular complexity index is 742. The van der Waals surface area contributed by atoms with Crippen LogP contribution in [0.25, 0.3) is 21.5 Å². The van der Waals surface area contributed by atoms with Gasteiger partial charge in [0.05, 0.1) is 0 Å². The number of carbonyl (C=O) groups excluding carboxylic acids is 1. The second-order valence-corrected chi connectivity index (χ2v) is 4.93. The highest BCUT2D eigenvalue weighted by Gasteiger charge is 2.13. The zero-order valence-corrected chi connectivity index (χ0v) is 10.6. The van der Waals surface area contributed by atoms with E-state index in [4.69, 9.17) is 5.73 Å². The highest BCUT2D eigenvalue weighted by Crippen LogP contribution is 2.31. The largest absolute Gasteiger partial charge is 0.364 e. The summed E-state index contributed by atoms with van der Waals surface area (Å²) in [5, 5.41) is 3.64. The highest BCUT2D eigenvalue weighted by atomic mass is 32.1. The summed E-state index contributed by atoms with van der Waals surface area (Å²) in [5.74, 6) is -0.488. The molecular weight excluding hydrogens is 246 g/mol. The molecule has 2 N–H and O–H groups in total. The van der Waals surface area contributed by atoms with Crippen LogP contribution in [0.2, 0.25) is 0 Å². The molecule has 0 saturated heterocycles. The van der Waals surface area contributed by atoms with Crippen LogP contribution in [-0.2, 0) is 7.05 Å². The Kier molecular flexibility index (Phi) is 2.41. The Balaban J connectivity index is 2.22. The van der Waals surface area contributed by atoms with Gasteiger partial charge in [-0.05, 0) is 6.07 Å². The number of nitrogens with two attached hydrogens (primary N) is 1. The summed E-state index contributed by atoms with van der Waals surface area (Å²) in [4.78, 5) is 15.3. The molecule has 4 nitrogen and oxygen atoms in total. The van der Waals surface area contributed by atoms with Crippen molar-refractivity contribution in [2.24, 2.45) is 12.8 Å². The number of thiazole rings is 1. The van der Waals surface area contributed by atoms with Gasteiger partial charge < -0.3 is 10.3 Å². The zero-order chi connectivity index (χ0) is 12.7. The third-order valence-corrected chi connectivity index (χ3v) is 3.76. The van der Waals surface area contributed by atoms with Crippen molar-refractivity contribution >= 4 is 28.1 Å². The van der Waals surface area contributed by atoms with Crippen LogP contribution in [0.3, 0.4) is 0 Å². The summed E-state index contributed by atoms with van der Waals surface area (Å²) < 4.78 is 2.05. The molecule has 18 heavy (non-hydrogen) atoms. The first-order valence-corrected chi connectivity index (χ1v) is 6.34. The number of para-hydroxylation sites is 1. The van der Waals surface area contributed by atoms with Crippen molar-refractivity contribution in [2.45, 2.75) is 0 Å². The number of rotatable bonds is 2. The lowest BCUT2D eigenvalue weighted by Gasteiger charge is -1.93. The third kappa shape index (κ3) is 1.60. The van der Waals surface area contributed by atoms with Crippen LogP contribution in [0.15, 0.2) is 35.8 Å². The number of carbonyl (C=O) groups is 1. The van der Waals surface area contributed by atoms with Gasteiger partial charge in [-0.1, -0.05) is 18.2 Å². The molecule has 0 aliphatic rings. The molecule has 5 heteroatoms. The standard InChI is InChI=1S/C13H11N3OS/c1-16-6-9(8-4-2-3-5-11(8)16)13-15-10(7-18-13)12(14)17/h2-7H,1H3,(H2,14,17). The summed E-state index contributed by atoms with van der Waals surface area (Å²) in [5.41, 5.74) is 7.72. The molecule has 0 unspecified atom stereocenters. The van der Waals surface area contributed by atoms with Crippen LogP contribution < -0.4 is 5.73 Å². The van der Waals surface area contributed by atoms with Crippen molar-refractivity contribution in [1.29, 1.82) is 0 Å². The van der Waals surface area contributed by atoms with Gasteiger partial charge in [0.15, 0.2) is 0 Å². The van der Waals surface area contributed by atoms with Crippen molar-refractivity contribution < 1.29 is 4.79 Å². The minimum absolute atomic E-state index is 0.322. The molecule has 90 valence electrons. The summed E-state index contributed by atoms with van der Waals surface area (Å²) in [7, 11) is 1.99. The fourth-order valence-electron chi connectivity index (χ4n) is 2.02. The molecule has 0 aliphatic heterocycles. The van der Waals surface area contributed by atoms with Crippen LogP contribution >= 0.6 is 11.3 Å². The second-order valence-electron chi connectivity index (χ2n) is 4.07. The SMILES string of the molecule is Cn1cc(-c2nc(C(N)=O)cs2)c2ccccc21. The van der Waals surface area contributed by atoms with E-state index in [1.165, 1.54) is 11.3 Å². The van der Waals surface area contributed by atoms with Crippen LogP contribution in [0, 0.1) is 0 Å². The predicted molar refractivity (Wildman–Crippen MR) is 72.5 cm³/mol. The molecule has 0 aliphatic carbocycles. The maximum Gasteiger partial charge on any atom is 0.268 e. The van der Waals surface area contributed by atoms with E-state index in [2.05, 4.69) is 21.7 Å². The Morgan fingerprint density at radius 2 is 2.17 bits per heavy atom. The Morgan fingerprint density at radius 3 is 2.89 bits per heavy atom. The van der Waals surface area contributed by atoms with Gasteiger partial charge in [-0.2, -0.15) is 0 Å². The number of hydrogen-bond acceptors (Lipinski definition) is 3. The smallest absolute Gasteiger partial charge is 0.268 e. The van der Waals surface area contributed by atoms with Crippen LogP contribution in [0.5, 0.6) is 0 Å². The first-order valence-electron chi connectivity index (χ1n) is 5.46. The minimum atomic E-state index is -0.488. The van der Waals surface area contributed by atoms with Crippen LogP contribution in [-0.4, -0.2) is 15.5 Å². The topological polar surface area (TPSA) is 60.9 Å². The summed E-state index contributed by atoms with van der Waals surface area (Å²) in [6.45, 7) is 0. The van der Waals surface area contributed by atoms with E-state index in [0.717, 1.165) is 21.5 Å². The number of benzene rings is 1. The van der Waals surface area contributed by atoms with Gasteiger partial charge >= 0.3 is 0 Å². The number of amides is 1. The van der Waals surface area contributed by atoms with Gasteiger partial charge in [-0.25, -0.2) is 4.98 Å². The van der Waals surface area contributed by atoms with E-state index in [0.29, 0.717) is 5.69 Å². The number of hydrogen-bond donors (Lipinski definition) is 1. The van der Waals surface area contributed by atoms with Crippen LogP contribution in [0.4, 0.5) is 0 Å². The lowest BCUT2D eigenvalue weighted by Crippen LogP contribution is -2.10. The zero-order valence-electron chi connectivity index (χ0n) is 9.75. The summed E-state index contributed by atoms with van der Waals surface area (Å²) >= 11 is 1.43. The Morgan fingerprint density at radius 1 is 1.39 bits per heavy atom. The number of fused-ring (bicyclic) bond motifs is 1. The normalized spacial score (nSPS) is 10.9. The van der Waals surface area contributed by atoms with Crippen molar-refractivity contribution in [1.82, 2.24) is 9.55 Å². The monoisotopic (exact) mass is 257 g/mol. The van der Waals surface area contributed by atoms with Crippen molar-refractivity contribution in [3.05, 3.63) is 41.5 Å². The minimum Gasteiger partial charge on any atom is -0.364 e. The van der Waals surface area contributed by atoms with Gasteiger partial charge in [-0.3, -0.25) is 4.79 Å². The number of aryl methyl sites for hydroxylation is 1. The maximum atomic E-state index is 11.1. The first kappa shape index (κ1) is 11.0. The van der Waals surface area contributed by atoms with E-state index in [1.54, 1.807) is 5.38 Å². The van der Waals surface area contributed by atoms with Crippen molar-refractivity contribution in [3.8, 4) is 10.6 Å². The molecule has 1 aromatic carbocycles. The average Bonchev–Trinajstić information content (AvgIpc) is 2.95. The van der Waals surface area contributed by atoms with Crippen LogP contribution in [0.1, 0.15) is 10.5 Å². The maximum absolute atomic E-state index is 11.1. The first-order chi connectivity index (χ1) is 8.66. The third-order valence-electron chi connectivity index (χ3n) is 2.88.